The van der Waals surface area contributed by atoms with E-state index in [1.54, 1.807) is 0 Å². The Morgan fingerprint density at radius 2 is 2.21 bits per heavy atom. The quantitative estimate of drug-likeness (QED) is 0.445. The Morgan fingerprint density at radius 1 is 1.64 bits per heavy atom. The van der Waals surface area contributed by atoms with Crippen molar-refractivity contribution in [2.24, 2.45) is 0 Å². The van der Waals surface area contributed by atoms with Gasteiger partial charge in [-0.1, -0.05) is 5.92 Å². The zero-order valence-corrected chi connectivity index (χ0v) is 8.28. The van der Waals surface area contributed by atoms with Gasteiger partial charge in [-0.25, -0.2) is 4.79 Å². The molecule has 0 aromatic carbocycles. The number of nitrogens with zero attached hydrogens (tertiary/aromatic N) is 1. The van der Waals surface area contributed by atoms with Gasteiger partial charge in [0.2, 0.25) is 5.91 Å². The Balaban J connectivity index is 4.00. The van der Waals surface area contributed by atoms with E-state index in [2.05, 4.69) is 11.2 Å². The van der Waals surface area contributed by atoms with Crippen LogP contribution in [0, 0.1) is 12.3 Å². The lowest BCUT2D eigenvalue weighted by molar-refractivity contribution is -0.147. The number of carbonyl (C=O) groups is 2. The van der Waals surface area contributed by atoms with Gasteiger partial charge in [-0.2, -0.15) is 0 Å². The van der Waals surface area contributed by atoms with Crippen LogP contribution in [0.3, 0.4) is 0 Å². The molecule has 0 saturated heterocycles. The summed E-state index contributed by atoms with van der Waals surface area (Å²) in [5.74, 6) is 0.990. The largest absolute Gasteiger partial charge is 0.480 e. The summed E-state index contributed by atoms with van der Waals surface area (Å²) in [7, 11) is 1.44. The Hall–Kier alpha value is -1.54. The van der Waals surface area contributed by atoms with Crippen molar-refractivity contribution in [2.75, 3.05) is 20.1 Å². The van der Waals surface area contributed by atoms with Gasteiger partial charge in [-0.05, 0) is 6.92 Å². The molecule has 2 N–H and O–H groups in total. The van der Waals surface area contributed by atoms with Gasteiger partial charge in [-0.3, -0.25) is 10.1 Å². The summed E-state index contributed by atoms with van der Waals surface area (Å²) in [6, 6.07) is -0.824. The molecule has 14 heavy (non-hydrogen) atoms. The van der Waals surface area contributed by atoms with E-state index >= 15 is 0 Å². The topological polar surface area (TPSA) is 69.6 Å². The van der Waals surface area contributed by atoms with Crippen LogP contribution in [-0.4, -0.2) is 48.1 Å². The standard InChI is InChI=1S/C9H14N2O3/c1-4-5-10-6-8(12)11(3)7(2)9(13)14/h1,7,10H,5-6H2,2-3H3,(H,13,14). The maximum absolute atomic E-state index is 11.3. The molecule has 78 valence electrons. The lowest BCUT2D eigenvalue weighted by Crippen LogP contribution is -2.44. The van der Waals surface area contributed by atoms with E-state index in [1.165, 1.54) is 14.0 Å². The van der Waals surface area contributed by atoms with E-state index < -0.39 is 12.0 Å². The highest BCUT2D eigenvalue weighted by Crippen LogP contribution is 1.95. The summed E-state index contributed by atoms with van der Waals surface area (Å²) < 4.78 is 0. The molecule has 0 aliphatic carbocycles. The van der Waals surface area contributed by atoms with E-state index in [0.717, 1.165) is 4.90 Å². The number of aliphatic carboxylic acids is 1. The first-order valence-electron chi connectivity index (χ1n) is 4.13. The minimum Gasteiger partial charge on any atom is -0.480 e. The Morgan fingerprint density at radius 3 is 2.64 bits per heavy atom. The second-order valence-corrected chi connectivity index (χ2v) is 2.83. The van der Waals surface area contributed by atoms with Crippen molar-refractivity contribution in [1.29, 1.82) is 0 Å². The number of carboxylic acids is 1. The molecule has 0 aromatic heterocycles. The molecule has 0 fully saturated rings. The zero-order valence-electron chi connectivity index (χ0n) is 8.28. The second kappa shape index (κ2) is 6.00. The van der Waals surface area contributed by atoms with Crippen LogP contribution in [0.15, 0.2) is 0 Å². The fourth-order valence-corrected chi connectivity index (χ4v) is 0.748. The third-order valence-electron chi connectivity index (χ3n) is 1.84. The van der Waals surface area contributed by atoms with Crippen molar-refractivity contribution in [1.82, 2.24) is 10.2 Å². The number of likely N-dealkylation sites (N-methyl/N-ethyl adjacent to an activating group) is 1. The molecule has 0 radical (unpaired) electrons. The first kappa shape index (κ1) is 12.5. The fraction of sp³-hybridized carbons (Fsp3) is 0.556. The molecule has 0 saturated carbocycles. The molecule has 0 aliphatic heterocycles. The Labute approximate surface area is 83.1 Å². The van der Waals surface area contributed by atoms with Gasteiger partial charge in [-0.15, -0.1) is 6.42 Å². The minimum atomic E-state index is -1.03. The molecule has 5 nitrogen and oxygen atoms in total. The Bertz CT molecular complexity index is 257. The third-order valence-corrected chi connectivity index (χ3v) is 1.84. The predicted molar refractivity (Wildman–Crippen MR) is 51.6 cm³/mol. The van der Waals surface area contributed by atoms with Crippen LogP contribution in [0.5, 0.6) is 0 Å². The third kappa shape index (κ3) is 3.92. The van der Waals surface area contributed by atoms with Gasteiger partial charge < -0.3 is 10.0 Å². The van der Waals surface area contributed by atoms with Crippen molar-refractivity contribution in [3.63, 3.8) is 0 Å². The molecule has 0 bridgehead atoms. The highest BCUT2D eigenvalue weighted by atomic mass is 16.4. The van der Waals surface area contributed by atoms with Crippen LogP contribution < -0.4 is 5.32 Å². The van der Waals surface area contributed by atoms with Crippen LogP contribution in [-0.2, 0) is 9.59 Å². The maximum Gasteiger partial charge on any atom is 0.326 e. The molecule has 0 heterocycles. The van der Waals surface area contributed by atoms with Gasteiger partial charge in [0, 0.05) is 7.05 Å². The van der Waals surface area contributed by atoms with Crippen molar-refractivity contribution in [2.45, 2.75) is 13.0 Å². The second-order valence-electron chi connectivity index (χ2n) is 2.83. The minimum absolute atomic E-state index is 0.0539. The SMILES string of the molecule is C#CCNCC(=O)N(C)C(C)C(=O)O. The van der Waals surface area contributed by atoms with Crippen LogP contribution in [0.2, 0.25) is 0 Å². The summed E-state index contributed by atoms with van der Waals surface area (Å²) in [5, 5.41) is 11.3. The molecule has 0 spiro atoms. The van der Waals surface area contributed by atoms with Crippen molar-refractivity contribution < 1.29 is 14.7 Å². The van der Waals surface area contributed by atoms with Crippen molar-refractivity contribution in [3.8, 4) is 12.3 Å². The fourth-order valence-electron chi connectivity index (χ4n) is 0.748. The zero-order chi connectivity index (χ0) is 11.1. The number of rotatable bonds is 5. The lowest BCUT2D eigenvalue weighted by Gasteiger charge is -2.21. The lowest BCUT2D eigenvalue weighted by atomic mass is 10.3. The number of carbonyl (C=O) groups excluding carboxylic acids is 1. The summed E-state index contributed by atoms with van der Waals surface area (Å²) in [5.41, 5.74) is 0. The van der Waals surface area contributed by atoms with E-state index in [0.29, 0.717) is 6.54 Å². The normalized spacial score (nSPS) is 11.5. The first-order chi connectivity index (χ1) is 6.50. The summed E-state index contributed by atoms with van der Waals surface area (Å²) in [4.78, 5) is 23.0. The monoisotopic (exact) mass is 198 g/mol. The highest BCUT2D eigenvalue weighted by molar-refractivity contribution is 5.84. The van der Waals surface area contributed by atoms with E-state index in [1.807, 2.05) is 0 Å². The number of hydrogen-bond acceptors (Lipinski definition) is 3. The van der Waals surface area contributed by atoms with Crippen LogP contribution in [0.1, 0.15) is 6.92 Å². The summed E-state index contributed by atoms with van der Waals surface area (Å²) in [6.07, 6.45) is 4.97. The molecule has 0 rings (SSSR count). The molecule has 0 aliphatic rings. The number of hydrogen-bond donors (Lipinski definition) is 2. The summed E-state index contributed by atoms with van der Waals surface area (Å²) in [6.45, 7) is 1.79. The van der Waals surface area contributed by atoms with E-state index in [9.17, 15) is 9.59 Å². The molecule has 0 aromatic rings. The van der Waals surface area contributed by atoms with Gasteiger partial charge in [0.15, 0.2) is 0 Å². The first-order valence-corrected chi connectivity index (χ1v) is 4.13. The predicted octanol–water partition coefficient (Wildman–Crippen LogP) is -0.859. The summed E-state index contributed by atoms with van der Waals surface area (Å²) >= 11 is 0. The van der Waals surface area contributed by atoms with Gasteiger partial charge in [0.1, 0.15) is 6.04 Å². The van der Waals surface area contributed by atoms with Gasteiger partial charge in [0.05, 0.1) is 13.1 Å². The van der Waals surface area contributed by atoms with Crippen LogP contribution in [0.4, 0.5) is 0 Å². The average Bonchev–Trinajstić information content (AvgIpc) is 2.15. The van der Waals surface area contributed by atoms with Crippen molar-refractivity contribution >= 4 is 11.9 Å². The molecule has 1 atom stereocenters. The average molecular weight is 198 g/mol. The van der Waals surface area contributed by atoms with E-state index in [4.69, 9.17) is 11.5 Å². The maximum atomic E-state index is 11.3. The van der Waals surface area contributed by atoms with Crippen LogP contribution >= 0.6 is 0 Å². The molecule has 1 amide bonds. The number of terminal acetylenes is 1. The molecular weight excluding hydrogens is 184 g/mol. The number of amides is 1. The Kier molecular flexibility index (Phi) is 5.34. The van der Waals surface area contributed by atoms with Gasteiger partial charge >= 0.3 is 5.97 Å². The highest BCUT2D eigenvalue weighted by Gasteiger charge is 2.20. The van der Waals surface area contributed by atoms with Crippen LogP contribution in [0.25, 0.3) is 0 Å². The molecular formula is C9H14N2O3. The smallest absolute Gasteiger partial charge is 0.326 e. The number of carboxylic acid groups (broad SMARTS) is 1. The molecule has 5 heteroatoms. The van der Waals surface area contributed by atoms with Gasteiger partial charge in [0.25, 0.3) is 0 Å². The van der Waals surface area contributed by atoms with E-state index in [-0.39, 0.29) is 12.5 Å². The molecule has 1 unspecified atom stereocenters. The number of nitrogens with one attached hydrogen (secondary N) is 1. The van der Waals surface area contributed by atoms with Crippen molar-refractivity contribution in [3.05, 3.63) is 0 Å².